The van der Waals surface area contributed by atoms with Crippen LogP contribution in [0.4, 0.5) is 17.1 Å². The number of benzene rings is 9. The minimum absolute atomic E-state index is 0.0732. The van der Waals surface area contributed by atoms with E-state index < -0.39 is 0 Å². The first kappa shape index (κ1) is 50.5. The van der Waals surface area contributed by atoms with Gasteiger partial charge in [-0.3, -0.25) is 0 Å². The molecule has 8 bridgehead atoms. The lowest BCUT2D eigenvalue weighted by molar-refractivity contribution is 0.302. The Labute approximate surface area is 460 Å². The largest absolute Gasteiger partial charge is 0.458 e. The molecule has 9 aromatic rings. The summed E-state index contributed by atoms with van der Waals surface area (Å²) < 4.78 is 7.44. The quantitative estimate of drug-likeness (QED) is 0.163. The Morgan fingerprint density at radius 2 is 0.883 bits per heavy atom. The van der Waals surface area contributed by atoms with Crippen LogP contribution in [0.25, 0.3) is 55.6 Å². The van der Waals surface area contributed by atoms with Crippen LogP contribution < -0.4 is 26.0 Å². The number of aryl methyl sites for hydroxylation is 6. The van der Waals surface area contributed by atoms with Crippen molar-refractivity contribution >= 4 is 40.2 Å². The van der Waals surface area contributed by atoms with Gasteiger partial charge >= 0.3 is 0 Å². The van der Waals surface area contributed by atoms with E-state index in [0.717, 1.165) is 28.3 Å². The zero-order valence-electron chi connectivity index (χ0n) is 48.4. The molecule has 3 heteroatoms. The van der Waals surface area contributed by atoms with E-state index in [1.807, 2.05) is 0 Å². The van der Waals surface area contributed by atoms with Gasteiger partial charge in [-0.15, -0.1) is 0 Å². The Morgan fingerprint density at radius 1 is 0.403 bits per heavy atom. The molecule has 0 unspecified atom stereocenters. The SMILES string of the molecule is Cc1cc(C)c(-c2cccc(-c3c(C)cc(C)cc3C)c2N2c3ccc4cc3B3c5cc(ccc5Oc5cc(-c6ccccc6)cc2c53)-c2cc(C(C)(C)C)cc(c2)C(C)(C)C(C)(C)c2cc-4cc(C(C)(C)C)c2)c(C)c1. The molecule has 0 spiro atoms. The maximum Gasteiger partial charge on any atom is 0.256 e. The smallest absolute Gasteiger partial charge is 0.256 e. The number of para-hydroxylation sites is 1. The highest BCUT2D eigenvalue weighted by atomic mass is 16.5. The third-order valence-corrected chi connectivity index (χ3v) is 18.3. The molecule has 0 radical (unpaired) electrons. The van der Waals surface area contributed by atoms with E-state index in [-0.39, 0.29) is 28.4 Å². The van der Waals surface area contributed by atoms with Crippen LogP contribution in [0.2, 0.25) is 0 Å². The highest BCUT2D eigenvalue weighted by Gasteiger charge is 2.45. The summed E-state index contributed by atoms with van der Waals surface area (Å²) in [6.07, 6.45) is 0. The van der Waals surface area contributed by atoms with Crippen LogP contribution in [0.3, 0.4) is 0 Å². The topological polar surface area (TPSA) is 12.5 Å². The molecule has 0 atom stereocenters. The maximum absolute atomic E-state index is 7.44. The first-order chi connectivity index (χ1) is 36.4. The molecule has 0 aromatic heterocycles. The first-order valence-corrected chi connectivity index (χ1v) is 28.0. The van der Waals surface area contributed by atoms with E-state index in [9.17, 15) is 0 Å². The van der Waals surface area contributed by atoms with Gasteiger partial charge < -0.3 is 9.64 Å². The fourth-order valence-corrected chi connectivity index (χ4v) is 13.4. The Kier molecular flexibility index (Phi) is 11.5. The van der Waals surface area contributed by atoms with Crippen molar-refractivity contribution in [2.75, 3.05) is 4.90 Å². The second-order valence-corrected chi connectivity index (χ2v) is 26.3. The number of nitrogens with zero attached hydrogens (tertiary/aromatic N) is 1. The van der Waals surface area contributed by atoms with Gasteiger partial charge in [-0.2, -0.15) is 0 Å². The third-order valence-electron chi connectivity index (χ3n) is 18.3. The Morgan fingerprint density at radius 3 is 1.39 bits per heavy atom. The van der Waals surface area contributed by atoms with Crippen molar-refractivity contribution in [3.05, 3.63) is 213 Å². The van der Waals surface area contributed by atoms with Crippen molar-refractivity contribution in [2.45, 2.75) is 132 Å². The van der Waals surface area contributed by atoms with Crippen LogP contribution in [0.5, 0.6) is 11.5 Å². The van der Waals surface area contributed by atoms with Crippen LogP contribution >= 0.6 is 0 Å². The summed E-state index contributed by atoms with van der Waals surface area (Å²) in [7, 11) is 0. The average Bonchev–Trinajstić information content (AvgIpc) is 3.61. The van der Waals surface area contributed by atoms with Crippen molar-refractivity contribution in [1.82, 2.24) is 0 Å². The van der Waals surface area contributed by atoms with Gasteiger partial charge in [0.25, 0.3) is 6.71 Å². The van der Waals surface area contributed by atoms with Crippen LogP contribution in [-0.2, 0) is 21.7 Å². The molecule has 2 nitrogen and oxygen atoms in total. The van der Waals surface area contributed by atoms with Gasteiger partial charge in [0.15, 0.2) is 0 Å². The molecule has 77 heavy (non-hydrogen) atoms. The van der Waals surface area contributed by atoms with Gasteiger partial charge in [0, 0.05) is 22.5 Å². The van der Waals surface area contributed by atoms with E-state index in [4.69, 9.17) is 4.74 Å². The number of hydrogen-bond acceptors (Lipinski definition) is 2. The minimum atomic E-state index is -0.265. The number of hydrogen-bond donors (Lipinski definition) is 0. The molecule has 0 fully saturated rings. The molecule has 12 rings (SSSR count). The van der Waals surface area contributed by atoms with Crippen LogP contribution in [-0.4, -0.2) is 6.71 Å². The zero-order valence-corrected chi connectivity index (χ0v) is 48.4. The summed E-state index contributed by atoms with van der Waals surface area (Å²) in [4.78, 5) is 2.65. The highest BCUT2D eigenvalue weighted by molar-refractivity contribution is 6.99. The predicted octanol–water partition coefficient (Wildman–Crippen LogP) is 18.4. The summed E-state index contributed by atoms with van der Waals surface area (Å²) in [5.74, 6) is 1.80. The molecule has 0 aliphatic carbocycles. The number of ether oxygens (including phenoxy) is 1. The van der Waals surface area contributed by atoms with Gasteiger partial charge in [-0.25, -0.2) is 0 Å². The second kappa shape index (κ2) is 17.6. The van der Waals surface area contributed by atoms with Crippen LogP contribution in [0, 0.1) is 41.5 Å². The second-order valence-electron chi connectivity index (χ2n) is 26.3. The molecule has 0 saturated carbocycles. The lowest BCUT2D eigenvalue weighted by Crippen LogP contribution is -2.59. The van der Waals surface area contributed by atoms with E-state index >= 15 is 0 Å². The third kappa shape index (κ3) is 8.13. The summed E-state index contributed by atoms with van der Waals surface area (Å²) >= 11 is 0. The first-order valence-electron chi connectivity index (χ1n) is 28.0. The maximum atomic E-state index is 7.44. The molecule has 3 aliphatic rings. The molecule has 384 valence electrons. The summed E-state index contributed by atoms with van der Waals surface area (Å²) in [6, 6.07) is 61.5. The van der Waals surface area contributed by atoms with Crippen molar-refractivity contribution in [2.24, 2.45) is 0 Å². The van der Waals surface area contributed by atoms with Crippen LogP contribution in [0.15, 0.2) is 158 Å². The van der Waals surface area contributed by atoms with Gasteiger partial charge in [-0.05, 0) is 193 Å². The molecular formula is C74H74BNO. The van der Waals surface area contributed by atoms with E-state index in [1.54, 1.807) is 0 Å². The molecule has 0 N–H and O–H groups in total. The van der Waals surface area contributed by atoms with Gasteiger partial charge in [0.1, 0.15) is 11.5 Å². The standard InChI is InChI=1S/C74H74BNO/c1-43-29-45(3)67(46(4)30-43)59-23-20-24-60(68-47(5)31-44(2)32-48(68)6)70(59)76-63-27-25-50-37-61(63)75-62-38-51(26-28-65(62)77-66-40-54(39-64(76)69(66)75)49-21-18-17-19-22-49)53-34-56(72(10,11)12)42-58(36-53)74(15,16)73(13,14)57-35-52(50)33-55(41-57)71(7,8)9/h17-42H,1-16H3. The van der Waals surface area contributed by atoms with E-state index in [1.165, 1.54) is 128 Å². The van der Waals surface area contributed by atoms with Crippen LogP contribution in [0.1, 0.15) is 125 Å². The Hall–Kier alpha value is -7.36. The molecule has 3 aliphatic heterocycles. The van der Waals surface area contributed by atoms with Crippen molar-refractivity contribution in [1.29, 1.82) is 0 Å². The van der Waals surface area contributed by atoms with Crippen molar-refractivity contribution in [3.63, 3.8) is 0 Å². The predicted molar refractivity (Wildman–Crippen MR) is 331 cm³/mol. The average molecular weight is 1000 g/mol. The van der Waals surface area contributed by atoms with E-state index in [0.29, 0.717) is 0 Å². The van der Waals surface area contributed by atoms with Gasteiger partial charge in [0.2, 0.25) is 0 Å². The molecule has 3 heterocycles. The van der Waals surface area contributed by atoms with Crippen molar-refractivity contribution in [3.8, 4) is 67.1 Å². The molecular weight excluding hydrogens is 930 g/mol. The zero-order chi connectivity index (χ0) is 54.4. The fraction of sp³-hybridized carbons (Fsp3) is 0.270. The Balaban J connectivity index is 1.26. The van der Waals surface area contributed by atoms with Crippen molar-refractivity contribution < 1.29 is 4.74 Å². The number of anilines is 3. The van der Waals surface area contributed by atoms with Gasteiger partial charge in [-0.1, -0.05) is 214 Å². The van der Waals surface area contributed by atoms with Gasteiger partial charge in [0.05, 0.1) is 5.69 Å². The fourth-order valence-electron chi connectivity index (χ4n) is 13.4. The molecule has 0 saturated heterocycles. The lowest BCUT2D eigenvalue weighted by atomic mass is 9.34. The molecule has 0 amide bonds. The Bertz CT molecular complexity index is 3810. The highest BCUT2D eigenvalue weighted by Crippen LogP contribution is 2.53. The van der Waals surface area contributed by atoms with E-state index in [2.05, 4.69) is 273 Å². The summed E-state index contributed by atoms with van der Waals surface area (Å²) in [5, 5.41) is 0. The lowest BCUT2D eigenvalue weighted by Gasteiger charge is -2.44. The summed E-state index contributed by atoms with van der Waals surface area (Å²) in [5.41, 5.74) is 31.6. The monoisotopic (exact) mass is 1000 g/mol. The molecule has 9 aromatic carbocycles. The minimum Gasteiger partial charge on any atom is -0.458 e. The summed E-state index contributed by atoms with van der Waals surface area (Å²) in [6.45, 7) is 37.5. The number of rotatable bonds is 4. The normalized spacial score (nSPS) is 14.8. The number of fused-ring (bicyclic) bond motifs is 8.